The Kier molecular flexibility index (Phi) is 6.15. The van der Waals surface area contributed by atoms with Crippen molar-refractivity contribution in [2.45, 2.75) is 18.9 Å². The molecule has 0 radical (unpaired) electrons. The van der Waals surface area contributed by atoms with Gasteiger partial charge in [-0.3, -0.25) is 9.69 Å². The van der Waals surface area contributed by atoms with Crippen LogP contribution in [0.15, 0.2) is 36.4 Å². The number of ether oxygens (including phenoxy) is 1. The number of nitrogens with zero attached hydrogens (tertiary/aromatic N) is 2. The normalized spacial score (nSPS) is 18.0. The number of fused-ring (bicyclic) bond motifs is 1. The van der Waals surface area contributed by atoms with Crippen LogP contribution in [0.3, 0.4) is 0 Å². The Hall–Kier alpha value is -2.71. The van der Waals surface area contributed by atoms with Crippen molar-refractivity contribution in [2.24, 2.45) is 0 Å². The maximum atomic E-state index is 13.4. The van der Waals surface area contributed by atoms with Crippen LogP contribution in [0.25, 0.3) is 0 Å². The van der Waals surface area contributed by atoms with Crippen LogP contribution in [-0.2, 0) is 11.2 Å². The summed E-state index contributed by atoms with van der Waals surface area (Å²) in [4.78, 5) is 15.6. The molecule has 0 aliphatic carbocycles. The lowest BCUT2D eigenvalue weighted by Gasteiger charge is -2.36. The van der Waals surface area contributed by atoms with Crippen LogP contribution in [0.4, 0.5) is 20.2 Å². The van der Waals surface area contributed by atoms with Gasteiger partial charge in [0.1, 0.15) is 18.5 Å². The average molecular weight is 417 g/mol. The largest absolute Gasteiger partial charge is 0.491 e. The molecule has 0 saturated carbocycles. The molecule has 6 nitrogen and oxygen atoms in total. The predicted molar refractivity (Wildman–Crippen MR) is 110 cm³/mol. The summed E-state index contributed by atoms with van der Waals surface area (Å²) in [5.74, 6) is -0.986. The van der Waals surface area contributed by atoms with Gasteiger partial charge in [0.15, 0.2) is 11.6 Å². The van der Waals surface area contributed by atoms with Crippen molar-refractivity contribution in [1.82, 2.24) is 4.90 Å². The third-order valence-electron chi connectivity index (χ3n) is 5.52. The van der Waals surface area contributed by atoms with E-state index in [9.17, 15) is 18.7 Å². The van der Waals surface area contributed by atoms with Gasteiger partial charge >= 0.3 is 0 Å². The molecule has 2 heterocycles. The van der Waals surface area contributed by atoms with Crippen molar-refractivity contribution in [1.29, 1.82) is 0 Å². The SMILES string of the molecule is O=C1CCc2cc(OC[C@@H](O)CN3CCN(c4ccc(F)c(F)c4)CC3)ccc2N1. The highest BCUT2D eigenvalue weighted by Gasteiger charge is 2.21. The number of aryl methyl sites for hydroxylation is 1. The summed E-state index contributed by atoms with van der Waals surface area (Å²) in [5.41, 5.74) is 2.52. The third kappa shape index (κ3) is 4.88. The topological polar surface area (TPSA) is 65.0 Å². The van der Waals surface area contributed by atoms with Crippen molar-refractivity contribution >= 4 is 17.3 Å². The van der Waals surface area contributed by atoms with Gasteiger partial charge in [-0.15, -0.1) is 0 Å². The Morgan fingerprint density at radius 2 is 1.83 bits per heavy atom. The van der Waals surface area contributed by atoms with Crippen LogP contribution >= 0.6 is 0 Å². The van der Waals surface area contributed by atoms with Gasteiger partial charge in [0.05, 0.1) is 0 Å². The van der Waals surface area contributed by atoms with Crippen molar-refractivity contribution in [3.05, 3.63) is 53.6 Å². The number of amides is 1. The smallest absolute Gasteiger partial charge is 0.224 e. The Morgan fingerprint density at radius 3 is 2.60 bits per heavy atom. The molecule has 0 unspecified atom stereocenters. The number of aliphatic hydroxyl groups excluding tert-OH is 1. The zero-order valence-corrected chi connectivity index (χ0v) is 16.6. The molecule has 2 aliphatic heterocycles. The fourth-order valence-corrected chi connectivity index (χ4v) is 3.86. The van der Waals surface area contributed by atoms with Crippen LogP contribution in [0.5, 0.6) is 5.75 Å². The highest BCUT2D eigenvalue weighted by atomic mass is 19.2. The third-order valence-corrected chi connectivity index (χ3v) is 5.52. The molecule has 2 N–H and O–H groups in total. The van der Waals surface area contributed by atoms with Gasteiger partial charge in [0.25, 0.3) is 0 Å². The molecule has 1 atom stereocenters. The number of anilines is 2. The fourth-order valence-electron chi connectivity index (χ4n) is 3.86. The minimum Gasteiger partial charge on any atom is -0.491 e. The number of nitrogens with one attached hydrogen (secondary N) is 1. The Labute approximate surface area is 174 Å². The number of aliphatic hydroxyl groups is 1. The molecule has 160 valence electrons. The number of halogens is 2. The minimum absolute atomic E-state index is 0.0243. The van der Waals surface area contributed by atoms with E-state index in [1.165, 1.54) is 6.07 Å². The second kappa shape index (κ2) is 8.97. The average Bonchev–Trinajstić information content (AvgIpc) is 2.75. The van der Waals surface area contributed by atoms with Crippen LogP contribution < -0.4 is 15.0 Å². The van der Waals surface area contributed by atoms with Crippen molar-refractivity contribution in [3.63, 3.8) is 0 Å². The molecule has 1 saturated heterocycles. The van der Waals surface area contributed by atoms with E-state index in [1.807, 2.05) is 17.0 Å². The van der Waals surface area contributed by atoms with E-state index in [1.54, 1.807) is 12.1 Å². The van der Waals surface area contributed by atoms with Gasteiger partial charge in [-0.05, 0) is 42.3 Å². The second-order valence-corrected chi connectivity index (χ2v) is 7.72. The van der Waals surface area contributed by atoms with E-state index < -0.39 is 17.7 Å². The quantitative estimate of drug-likeness (QED) is 0.756. The lowest BCUT2D eigenvalue weighted by Crippen LogP contribution is -2.49. The predicted octanol–water partition coefficient (Wildman–Crippen LogP) is 2.41. The Bertz CT molecular complexity index is 916. The van der Waals surface area contributed by atoms with Crippen molar-refractivity contribution in [2.75, 3.05) is 49.5 Å². The zero-order valence-electron chi connectivity index (χ0n) is 16.6. The molecule has 1 amide bonds. The van der Waals surface area contributed by atoms with Gasteiger partial charge in [-0.2, -0.15) is 0 Å². The first-order valence-electron chi connectivity index (χ1n) is 10.1. The van der Waals surface area contributed by atoms with Crippen molar-refractivity contribution in [3.8, 4) is 5.75 Å². The highest BCUT2D eigenvalue weighted by Crippen LogP contribution is 2.27. The van der Waals surface area contributed by atoms with E-state index in [0.717, 1.165) is 17.3 Å². The Morgan fingerprint density at radius 1 is 1.03 bits per heavy atom. The molecule has 0 bridgehead atoms. The molecular formula is C22H25F2N3O3. The molecule has 0 aromatic heterocycles. The molecule has 2 aromatic carbocycles. The monoisotopic (exact) mass is 417 g/mol. The van der Waals surface area contributed by atoms with E-state index in [2.05, 4.69) is 10.2 Å². The number of β-amino-alcohol motifs (C(OH)–C–C–N with tert-alkyl or cyclic N) is 1. The zero-order chi connectivity index (χ0) is 21.1. The Balaban J connectivity index is 1.23. The van der Waals surface area contributed by atoms with Gasteiger partial charge in [0, 0.05) is 56.6 Å². The summed E-state index contributed by atoms with van der Waals surface area (Å²) >= 11 is 0. The molecule has 8 heteroatoms. The molecule has 4 rings (SSSR count). The summed E-state index contributed by atoms with van der Waals surface area (Å²) in [6.45, 7) is 3.44. The summed E-state index contributed by atoms with van der Waals surface area (Å²) in [6, 6.07) is 9.47. The lowest BCUT2D eigenvalue weighted by atomic mass is 10.0. The summed E-state index contributed by atoms with van der Waals surface area (Å²) < 4.78 is 32.3. The van der Waals surface area contributed by atoms with Crippen LogP contribution in [0, 0.1) is 11.6 Å². The second-order valence-electron chi connectivity index (χ2n) is 7.72. The van der Waals surface area contributed by atoms with Crippen LogP contribution in [0.2, 0.25) is 0 Å². The lowest BCUT2D eigenvalue weighted by molar-refractivity contribution is -0.116. The molecule has 2 aliphatic rings. The number of piperazine rings is 1. The summed E-state index contributed by atoms with van der Waals surface area (Å²) in [5, 5.41) is 13.2. The molecule has 1 fully saturated rings. The summed E-state index contributed by atoms with van der Waals surface area (Å²) in [6.07, 6.45) is 0.509. The minimum atomic E-state index is -0.843. The van der Waals surface area contributed by atoms with Gasteiger partial charge < -0.3 is 20.1 Å². The number of carbonyl (C=O) groups is 1. The molecule has 2 aromatic rings. The molecule has 0 spiro atoms. The van der Waals surface area contributed by atoms with E-state index >= 15 is 0 Å². The van der Waals surface area contributed by atoms with E-state index in [0.29, 0.717) is 57.0 Å². The van der Waals surface area contributed by atoms with E-state index in [4.69, 9.17) is 4.74 Å². The van der Waals surface area contributed by atoms with Crippen LogP contribution in [-0.4, -0.2) is 61.3 Å². The van der Waals surface area contributed by atoms with Crippen LogP contribution in [0.1, 0.15) is 12.0 Å². The van der Waals surface area contributed by atoms with Gasteiger partial charge in [0.2, 0.25) is 5.91 Å². The molecule has 30 heavy (non-hydrogen) atoms. The number of rotatable bonds is 6. The first-order valence-corrected chi connectivity index (χ1v) is 10.1. The number of carbonyl (C=O) groups excluding carboxylic acids is 1. The maximum Gasteiger partial charge on any atom is 0.224 e. The molecular weight excluding hydrogens is 392 g/mol. The number of hydrogen-bond acceptors (Lipinski definition) is 5. The first kappa shape index (κ1) is 20.6. The van der Waals surface area contributed by atoms with Gasteiger partial charge in [-0.25, -0.2) is 8.78 Å². The standard InChI is InChI=1S/C22H25F2N3O3/c23-19-4-2-16(12-20(19)24)27-9-7-26(8-10-27)13-17(28)14-30-18-3-5-21-15(11-18)1-6-22(29)25-21/h2-5,11-12,17,28H,1,6-10,13-14H2,(H,25,29)/t17-/m0/s1. The highest BCUT2D eigenvalue weighted by molar-refractivity contribution is 5.93. The number of benzene rings is 2. The van der Waals surface area contributed by atoms with Crippen molar-refractivity contribution < 1.29 is 23.4 Å². The van der Waals surface area contributed by atoms with E-state index in [-0.39, 0.29) is 12.5 Å². The fraction of sp³-hybridized carbons (Fsp3) is 0.409. The number of hydrogen-bond donors (Lipinski definition) is 2. The maximum absolute atomic E-state index is 13.4. The van der Waals surface area contributed by atoms with Gasteiger partial charge in [-0.1, -0.05) is 0 Å². The first-order chi connectivity index (χ1) is 14.5. The summed E-state index contributed by atoms with van der Waals surface area (Å²) in [7, 11) is 0.